The van der Waals surface area contributed by atoms with Crippen LogP contribution in [0.25, 0.3) is 0 Å². The van der Waals surface area contributed by atoms with Gasteiger partial charge in [-0.3, -0.25) is 14.4 Å². The molecule has 3 aliphatic heterocycles. The van der Waals surface area contributed by atoms with Gasteiger partial charge in [0.25, 0.3) is 0 Å². The summed E-state index contributed by atoms with van der Waals surface area (Å²) in [7, 11) is 0. The van der Waals surface area contributed by atoms with Crippen molar-refractivity contribution in [1.82, 2.24) is 9.80 Å². The molecule has 3 aliphatic rings. The van der Waals surface area contributed by atoms with Gasteiger partial charge in [0.15, 0.2) is 0 Å². The first-order valence-corrected chi connectivity index (χ1v) is 14.2. The van der Waals surface area contributed by atoms with Gasteiger partial charge in [0, 0.05) is 29.1 Å². The number of hydrogen-bond acceptors (Lipinski definition) is 5. The van der Waals surface area contributed by atoms with Crippen molar-refractivity contribution in [2.24, 2.45) is 11.8 Å². The van der Waals surface area contributed by atoms with E-state index in [0.717, 1.165) is 12.1 Å². The zero-order chi connectivity index (χ0) is 28.0. The Morgan fingerprint density at radius 2 is 1.79 bits per heavy atom. The normalized spacial score (nSPS) is 30.6. The lowest BCUT2D eigenvalue weighted by Crippen LogP contribution is -2.60. The number of carbonyl (C=O) groups is 3. The molecule has 7 nitrogen and oxygen atoms in total. The second-order valence-corrected chi connectivity index (χ2v) is 13.9. The van der Waals surface area contributed by atoms with Crippen LogP contribution >= 0.6 is 11.8 Å². The van der Waals surface area contributed by atoms with Gasteiger partial charge in [0.05, 0.1) is 29.2 Å². The Kier molecular flexibility index (Phi) is 7.62. The fourth-order valence-electron chi connectivity index (χ4n) is 6.78. The molecule has 38 heavy (non-hydrogen) atoms. The lowest BCUT2D eigenvalue weighted by atomic mass is 9.66. The molecular weight excluding hydrogens is 498 g/mol. The van der Waals surface area contributed by atoms with Gasteiger partial charge in [-0.15, -0.1) is 24.9 Å². The average molecular weight is 540 g/mol. The number of amides is 3. The molecule has 4 rings (SSSR count). The molecule has 2 unspecified atom stereocenters. The van der Waals surface area contributed by atoms with Crippen LogP contribution in [0.15, 0.2) is 55.6 Å². The number of likely N-dealkylation sites (tertiary alicyclic amines) is 1. The summed E-state index contributed by atoms with van der Waals surface area (Å²) in [5, 5.41) is 10.1. The van der Waals surface area contributed by atoms with Gasteiger partial charge >= 0.3 is 0 Å². The zero-order valence-corrected chi connectivity index (χ0v) is 24.0. The monoisotopic (exact) mass is 539 g/mol. The molecular formula is C30H41N3O4S. The fraction of sp³-hybridized carbons (Fsp3) is 0.567. The smallest absolute Gasteiger partial charge is 0.247 e. The summed E-state index contributed by atoms with van der Waals surface area (Å²) < 4.78 is -1.22. The van der Waals surface area contributed by atoms with E-state index in [1.165, 1.54) is 0 Å². The van der Waals surface area contributed by atoms with Gasteiger partial charge in [-0.05, 0) is 59.6 Å². The molecule has 0 radical (unpaired) electrons. The molecule has 0 aromatic heterocycles. The number of thioether (sulfide) groups is 1. The molecule has 8 heteroatoms. The highest BCUT2D eigenvalue weighted by atomic mass is 32.2. The third-order valence-electron chi connectivity index (χ3n) is 8.49. The highest BCUT2D eigenvalue weighted by Crippen LogP contribution is 2.72. The summed E-state index contributed by atoms with van der Waals surface area (Å²) >= 11 is 1.65. The maximum atomic E-state index is 14.4. The van der Waals surface area contributed by atoms with E-state index >= 15 is 0 Å². The van der Waals surface area contributed by atoms with Gasteiger partial charge in [0.2, 0.25) is 17.7 Å². The Morgan fingerprint density at radius 3 is 2.34 bits per heavy atom. The summed E-state index contributed by atoms with van der Waals surface area (Å²) in [6, 6.07) is 8.13. The van der Waals surface area contributed by atoms with Crippen molar-refractivity contribution in [2.75, 3.05) is 24.6 Å². The van der Waals surface area contributed by atoms with E-state index in [4.69, 9.17) is 0 Å². The van der Waals surface area contributed by atoms with Gasteiger partial charge in [-0.1, -0.05) is 30.4 Å². The molecule has 0 saturated carbocycles. The van der Waals surface area contributed by atoms with Crippen molar-refractivity contribution in [2.45, 2.75) is 74.6 Å². The Balaban J connectivity index is 1.83. The van der Waals surface area contributed by atoms with Crippen molar-refractivity contribution in [3.8, 4) is 0 Å². The molecule has 3 fully saturated rings. The van der Waals surface area contributed by atoms with Gasteiger partial charge in [-0.25, -0.2) is 0 Å². The SMILES string of the molecule is C=CCN(C(=O)[C@H]1[C@H]2C(=O)N([C@H](C)CO)C(C(=O)N(CC=C)C(C)(C)C)C23CC[C@]1(C)S3)c1ccccc1. The van der Waals surface area contributed by atoms with Crippen LogP contribution in [0.5, 0.6) is 0 Å². The molecule has 3 saturated heterocycles. The number of fused-ring (bicyclic) bond motifs is 1. The number of anilines is 1. The number of rotatable bonds is 9. The van der Waals surface area contributed by atoms with Crippen molar-refractivity contribution < 1.29 is 19.5 Å². The highest BCUT2D eigenvalue weighted by Gasteiger charge is 2.78. The second-order valence-electron chi connectivity index (χ2n) is 12.0. The van der Waals surface area contributed by atoms with Crippen molar-refractivity contribution >= 4 is 35.2 Å². The molecule has 0 aliphatic carbocycles. The van der Waals surface area contributed by atoms with Crippen LogP contribution in [0.3, 0.4) is 0 Å². The maximum Gasteiger partial charge on any atom is 0.247 e. The van der Waals surface area contributed by atoms with Crippen molar-refractivity contribution in [3.05, 3.63) is 55.6 Å². The first-order valence-electron chi connectivity index (χ1n) is 13.4. The van der Waals surface area contributed by atoms with E-state index < -0.39 is 39.0 Å². The summed E-state index contributed by atoms with van der Waals surface area (Å²) in [6.07, 6.45) is 4.80. The molecule has 6 atom stereocenters. The molecule has 1 N–H and O–H groups in total. The topological polar surface area (TPSA) is 81.2 Å². The van der Waals surface area contributed by atoms with Gasteiger partial charge in [-0.2, -0.15) is 0 Å². The zero-order valence-electron chi connectivity index (χ0n) is 23.2. The minimum absolute atomic E-state index is 0.116. The lowest BCUT2D eigenvalue weighted by Gasteiger charge is -2.43. The molecule has 1 aromatic carbocycles. The summed E-state index contributed by atoms with van der Waals surface area (Å²) in [6.45, 7) is 17.9. The third-order valence-corrected chi connectivity index (χ3v) is 10.5. The van der Waals surface area contributed by atoms with E-state index in [2.05, 4.69) is 20.1 Å². The van der Waals surface area contributed by atoms with Gasteiger partial charge in [0.1, 0.15) is 6.04 Å². The predicted molar refractivity (Wildman–Crippen MR) is 153 cm³/mol. The molecule has 3 heterocycles. The van der Waals surface area contributed by atoms with Crippen molar-refractivity contribution in [3.63, 3.8) is 0 Å². The number of aliphatic hydroxyl groups is 1. The van der Waals surface area contributed by atoms with Crippen LogP contribution in [-0.2, 0) is 14.4 Å². The number of aliphatic hydroxyl groups excluding tert-OH is 1. The standard InChI is InChI=1S/C30H41N3O4S/c1-8-17-31(21-13-11-10-12-14-21)25(35)22-23-26(36)33(20(3)19-34)24(30(23)16-15-29(22,7)38-30)27(37)32(18-9-2)28(4,5)6/h8-14,20,22-24,34H,1-2,15-19H2,3-7H3/t20-,22-,23+,24?,29+,30?/m1/s1. The Morgan fingerprint density at radius 1 is 1.16 bits per heavy atom. The van der Waals surface area contributed by atoms with Crippen LogP contribution in [0.4, 0.5) is 5.69 Å². The summed E-state index contributed by atoms with van der Waals surface area (Å²) in [5.41, 5.74) is 0.261. The Bertz CT molecular complexity index is 1120. The van der Waals surface area contributed by atoms with Crippen LogP contribution in [0.2, 0.25) is 0 Å². The molecule has 2 bridgehead atoms. The van der Waals surface area contributed by atoms with Crippen LogP contribution in [0.1, 0.15) is 47.5 Å². The van der Waals surface area contributed by atoms with Crippen LogP contribution < -0.4 is 4.90 Å². The highest BCUT2D eigenvalue weighted by molar-refractivity contribution is 8.02. The second kappa shape index (κ2) is 10.2. The average Bonchev–Trinajstić information content (AvgIpc) is 3.45. The number of carbonyl (C=O) groups excluding carboxylic acids is 3. The molecule has 1 aromatic rings. The molecule has 206 valence electrons. The van der Waals surface area contributed by atoms with E-state index in [0.29, 0.717) is 19.5 Å². The number of para-hydroxylation sites is 1. The summed E-state index contributed by atoms with van der Waals surface area (Å²) in [4.78, 5) is 48.2. The van der Waals surface area contributed by atoms with Crippen molar-refractivity contribution in [1.29, 1.82) is 0 Å². The van der Waals surface area contributed by atoms with E-state index in [-0.39, 0.29) is 24.3 Å². The fourth-order valence-corrected chi connectivity index (χ4v) is 9.11. The van der Waals surface area contributed by atoms with E-state index in [1.807, 2.05) is 51.1 Å². The van der Waals surface area contributed by atoms with Crippen LogP contribution in [-0.4, -0.2) is 79.4 Å². The Labute approximate surface area is 230 Å². The number of benzene rings is 1. The molecule has 1 spiro atoms. The van der Waals surface area contributed by atoms with Gasteiger partial charge < -0.3 is 19.8 Å². The van der Waals surface area contributed by atoms with E-state index in [9.17, 15) is 19.5 Å². The largest absolute Gasteiger partial charge is 0.394 e. The number of nitrogens with zero attached hydrogens (tertiary/aromatic N) is 3. The first kappa shape index (κ1) is 28.4. The number of hydrogen-bond donors (Lipinski definition) is 1. The third kappa shape index (κ3) is 4.30. The quantitative estimate of drug-likeness (QED) is 0.482. The molecule has 3 amide bonds. The first-order chi connectivity index (χ1) is 17.9. The lowest BCUT2D eigenvalue weighted by molar-refractivity contribution is -0.148. The van der Waals surface area contributed by atoms with E-state index in [1.54, 1.807) is 45.5 Å². The maximum absolute atomic E-state index is 14.4. The van der Waals surface area contributed by atoms with Crippen LogP contribution in [0, 0.1) is 11.8 Å². The minimum Gasteiger partial charge on any atom is -0.394 e. The Hall–Kier alpha value is -2.58. The summed E-state index contributed by atoms with van der Waals surface area (Å²) in [5.74, 6) is -1.72. The minimum atomic E-state index is -0.768. The predicted octanol–water partition coefficient (Wildman–Crippen LogP) is 3.88.